The van der Waals surface area contributed by atoms with Gasteiger partial charge in [0.15, 0.2) is 11.5 Å². The van der Waals surface area contributed by atoms with Gasteiger partial charge >= 0.3 is 0 Å². The molecule has 0 aromatic heterocycles. The third kappa shape index (κ3) is 7.20. The fraction of sp³-hybridized carbons (Fsp3) is 0.320. The van der Waals surface area contributed by atoms with E-state index in [1.54, 1.807) is 7.11 Å². The molecule has 0 saturated heterocycles. The predicted molar refractivity (Wildman–Crippen MR) is 117 cm³/mol. The van der Waals surface area contributed by atoms with E-state index in [4.69, 9.17) is 27.1 Å². The Hall–Kier alpha value is -3.41. The molecule has 0 unspecified atom stereocenters. The summed E-state index contributed by atoms with van der Waals surface area (Å²) in [5.74, 6) is 5.85. The largest absolute Gasteiger partial charge is 0.493 e. The van der Waals surface area contributed by atoms with E-state index in [0.29, 0.717) is 30.9 Å². The third-order valence-corrected chi connectivity index (χ3v) is 4.45. The molecular weight excluding hydrogens is 378 g/mol. The van der Waals surface area contributed by atoms with Crippen LogP contribution in [0.2, 0.25) is 0 Å². The fourth-order valence-electron chi connectivity index (χ4n) is 2.86. The zero-order valence-electron chi connectivity index (χ0n) is 17.4. The minimum Gasteiger partial charge on any atom is -0.493 e. The zero-order valence-corrected chi connectivity index (χ0v) is 17.4. The van der Waals surface area contributed by atoms with Gasteiger partial charge in [0.05, 0.1) is 7.11 Å². The molecule has 0 aliphatic rings. The van der Waals surface area contributed by atoms with Crippen molar-refractivity contribution in [3.63, 3.8) is 0 Å². The molecule has 2 rings (SSSR count). The number of amides is 1. The molecule has 0 spiro atoms. The van der Waals surface area contributed by atoms with Crippen molar-refractivity contribution in [1.82, 2.24) is 5.32 Å². The van der Waals surface area contributed by atoms with Crippen LogP contribution in [0.25, 0.3) is 0 Å². The molecule has 0 aliphatic heterocycles. The number of terminal acetylenes is 2. The second-order valence-corrected chi connectivity index (χ2v) is 6.71. The molecule has 0 radical (unpaired) electrons. The number of methoxy groups -OCH3 is 1. The van der Waals surface area contributed by atoms with Crippen molar-refractivity contribution in [3.8, 4) is 36.2 Å². The third-order valence-electron chi connectivity index (χ3n) is 4.45. The number of ether oxygens (including phenoxy) is 3. The maximum Gasteiger partial charge on any atom is 0.249 e. The Morgan fingerprint density at radius 1 is 1.03 bits per heavy atom. The first-order chi connectivity index (χ1) is 14.6. The Morgan fingerprint density at radius 3 is 2.40 bits per heavy atom. The molecule has 1 N–H and O–H groups in total. The van der Waals surface area contributed by atoms with Crippen LogP contribution in [0.4, 0.5) is 0 Å². The molecular formula is C25H27NO4. The molecule has 0 fully saturated rings. The first-order valence-corrected chi connectivity index (χ1v) is 9.69. The van der Waals surface area contributed by atoms with Gasteiger partial charge < -0.3 is 19.5 Å². The van der Waals surface area contributed by atoms with Gasteiger partial charge in [-0.2, -0.15) is 0 Å². The SMILES string of the molecule is C#CCOc1ccc(CCNC(=O)[C@@H](Cc2ccc(C)cc2)OCC#C)cc1OC. The highest BCUT2D eigenvalue weighted by atomic mass is 16.5. The zero-order chi connectivity index (χ0) is 21.8. The van der Waals surface area contributed by atoms with E-state index in [2.05, 4.69) is 17.2 Å². The number of benzene rings is 2. The Bertz CT molecular complexity index is 906. The number of carbonyl (C=O) groups is 1. The van der Waals surface area contributed by atoms with Crippen LogP contribution in [-0.4, -0.2) is 38.9 Å². The topological polar surface area (TPSA) is 56.8 Å². The van der Waals surface area contributed by atoms with Crippen LogP contribution in [0.15, 0.2) is 42.5 Å². The van der Waals surface area contributed by atoms with Crippen molar-refractivity contribution >= 4 is 5.91 Å². The maximum absolute atomic E-state index is 12.6. The second kappa shape index (κ2) is 12.2. The Balaban J connectivity index is 1.93. The van der Waals surface area contributed by atoms with Gasteiger partial charge in [-0.25, -0.2) is 0 Å². The molecule has 0 bridgehead atoms. The van der Waals surface area contributed by atoms with Crippen LogP contribution in [0.5, 0.6) is 11.5 Å². The molecule has 5 nitrogen and oxygen atoms in total. The molecule has 156 valence electrons. The van der Waals surface area contributed by atoms with Gasteiger partial charge in [0.2, 0.25) is 5.91 Å². The van der Waals surface area contributed by atoms with Gasteiger partial charge in [0.25, 0.3) is 0 Å². The van der Waals surface area contributed by atoms with Crippen LogP contribution in [0.3, 0.4) is 0 Å². The minimum absolute atomic E-state index is 0.0836. The summed E-state index contributed by atoms with van der Waals surface area (Å²) in [5, 5.41) is 2.93. The van der Waals surface area contributed by atoms with Crippen LogP contribution in [-0.2, 0) is 22.4 Å². The lowest BCUT2D eigenvalue weighted by Gasteiger charge is -2.17. The van der Waals surface area contributed by atoms with E-state index in [-0.39, 0.29) is 19.1 Å². The highest BCUT2D eigenvalue weighted by Crippen LogP contribution is 2.28. The molecule has 0 saturated carbocycles. The number of aryl methyl sites for hydroxylation is 1. The fourth-order valence-corrected chi connectivity index (χ4v) is 2.86. The molecule has 0 heterocycles. The van der Waals surface area contributed by atoms with Gasteiger partial charge in [0, 0.05) is 13.0 Å². The lowest BCUT2D eigenvalue weighted by Crippen LogP contribution is -2.39. The van der Waals surface area contributed by atoms with Gasteiger partial charge in [-0.1, -0.05) is 47.7 Å². The van der Waals surface area contributed by atoms with Crippen LogP contribution in [0, 0.1) is 31.6 Å². The van der Waals surface area contributed by atoms with Gasteiger partial charge in [0.1, 0.15) is 19.3 Å². The average Bonchev–Trinajstić information content (AvgIpc) is 2.76. The summed E-state index contributed by atoms with van der Waals surface area (Å²) >= 11 is 0. The van der Waals surface area contributed by atoms with E-state index in [1.165, 1.54) is 0 Å². The normalized spacial score (nSPS) is 11.1. The first-order valence-electron chi connectivity index (χ1n) is 9.69. The van der Waals surface area contributed by atoms with Crippen LogP contribution >= 0.6 is 0 Å². The van der Waals surface area contributed by atoms with Gasteiger partial charge in [-0.3, -0.25) is 4.79 Å². The maximum atomic E-state index is 12.6. The number of rotatable bonds is 11. The Morgan fingerprint density at radius 2 is 1.73 bits per heavy atom. The van der Waals surface area contributed by atoms with Crippen molar-refractivity contribution in [3.05, 3.63) is 59.2 Å². The first kappa shape index (κ1) is 22.9. The molecule has 2 aromatic rings. The molecule has 1 amide bonds. The number of hydrogen-bond donors (Lipinski definition) is 1. The monoisotopic (exact) mass is 405 g/mol. The van der Waals surface area contributed by atoms with E-state index in [1.807, 2.05) is 49.4 Å². The smallest absolute Gasteiger partial charge is 0.249 e. The van der Waals surface area contributed by atoms with E-state index >= 15 is 0 Å². The number of nitrogens with one attached hydrogen (secondary N) is 1. The molecule has 0 aliphatic carbocycles. The second-order valence-electron chi connectivity index (χ2n) is 6.71. The van der Waals surface area contributed by atoms with Crippen molar-refractivity contribution in [2.24, 2.45) is 0 Å². The van der Waals surface area contributed by atoms with Gasteiger partial charge in [-0.05, 0) is 36.6 Å². The summed E-state index contributed by atoms with van der Waals surface area (Å²) < 4.78 is 16.4. The van der Waals surface area contributed by atoms with Crippen LogP contribution in [0.1, 0.15) is 16.7 Å². The van der Waals surface area contributed by atoms with E-state index < -0.39 is 6.10 Å². The van der Waals surface area contributed by atoms with Crippen molar-refractivity contribution in [2.45, 2.75) is 25.9 Å². The molecule has 5 heteroatoms. The molecule has 2 aromatic carbocycles. The molecule has 30 heavy (non-hydrogen) atoms. The number of carbonyl (C=O) groups excluding carboxylic acids is 1. The van der Waals surface area contributed by atoms with Crippen molar-refractivity contribution in [2.75, 3.05) is 26.9 Å². The van der Waals surface area contributed by atoms with Crippen LogP contribution < -0.4 is 14.8 Å². The summed E-state index contributed by atoms with van der Waals surface area (Å²) in [5.41, 5.74) is 3.18. The molecule has 1 atom stereocenters. The summed E-state index contributed by atoms with van der Waals surface area (Å²) in [6.45, 7) is 2.73. The standard InChI is InChI=1S/C25H27NO4/c1-5-15-29-22-12-11-21(17-23(22)28-4)13-14-26-25(27)24(30-16-6-2)18-20-9-7-19(3)8-10-20/h1-2,7-12,17,24H,13-16,18H2,3-4H3,(H,26,27)/t24-/m1/s1. The highest BCUT2D eigenvalue weighted by molar-refractivity contribution is 5.81. The number of hydrogen-bond acceptors (Lipinski definition) is 4. The average molecular weight is 405 g/mol. The Kier molecular flexibility index (Phi) is 9.31. The summed E-state index contributed by atoms with van der Waals surface area (Å²) in [7, 11) is 1.57. The lowest BCUT2D eigenvalue weighted by atomic mass is 10.1. The van der Waals surface area contributed by atoms with E-state index in [9.17, 15) is 4.79 Å². The Labute approximate surface area is 178 Å². The lowest BCUT2D eigenvalue weighted by molar-refractivity contribution is -0.131. The minimum atomic E-state index is -0.641. The summed E-state index contributed by atoms with van der Waals surface area (Å²) in [4.78, 5) is 12.6. The summed E-state index contributed by atoms with van der Waals surface area (Å²) in [6.07, 6.45) is 11.0. The highest BCUT2D eigenvalue weighted by Gasteiger charge is 2.19. The van der Waals surface area contributed by atoms with Gasteiger partial charge in [-0.15, -0.1) is 12.8 Å². The van der Waals surface area contributed by atoms with Crippen molar-refractivity contribution < 1.29 is 19.0 Å². The van der Waals surface area contributed by atoms with E-state index in [0.717, 1.165) is 16.7 Å². The predicted octanol–water partition coefficient (Wildman–Crippen LogP) is 2.94. The summed E-state index contributed by atoms with van der Waals surface area (Å²) in [6, 6.07) is 13.6. The quantitative estimate of drug-likeness (QED) is 0.584. The van der Waals surface area contributed by atoms with Crippen molar-refractivity contribution in [1.29, 1.82) is 0 Å².